The number of ether oxygens (including phenoxy) is 1. The molecule has 118 valence electrons. The Hall–Kier alpha value is -2.53. The molecule has 2 aromatic rings. The van der Waals surface area contributed by atoms with Gasteiger partial charge in [-0.3, -0.25) is 9.78 Å². The quantitative estimate of drug-likeness (QED) is 0.382. The van der Waals surface area contributed by atoms with E-state index in [1.165, 1.54) is 6.92 Å². The smallest absolute Gasteiger partial charge is 0.308 e. The molecule has 0 saturated heterocycles. The molecule has 0 aliphatic rings. The second-order valence-electron chi connectivity index (χ2n) is 4.90. The lowest BCUT2D eigenvalue weighted by molar-refractivity contribution is -0.131. The van der Waals surface area contributed by atoms with Gasteiger partial charge < -0.3 is 10.1 Å². The SMILES string of the molecule is CC(=O)Oc1cccc(CCNC(=S)C=Cc2cccnc2)c1. The van der Waals surface area contributed by atoms with Gasteiger partial charge in [0.1, 0.15) is 5.75 Å². The Kier molecular flexibility index (Phi) is 6.44. The van der Waals surface area contributed by atoms with E-state index in [0.717, 1.165) is 17.5 Å². The molecule has 0 radical (unpaired) electrons. The molecular weight excluding hydrogens is 308 g/mol. The van der Waals surface area contributed by atoms with Crippen molar-refractivity contribution in [3.63, 3.8) is 0 Å². The first-order chi connectivity index (χ1) is 11.1. The van der Waals surface area contributed by atoms with Gasteiger partial charge in [0.05, 0.1) is 4.99 Å². The highest BCUT2D eigenvalue weighted by Crippen LogP contribution is 2.13. The van der Waals surface area contributed by atoms with Gasteiger partial charge in [0.15, 0.2) is 0 Å². The Bertz CT molecular complexity index is 699. The summed E-state index contributed by atoms with van der Waals surface area (Å²) in [6, 6.07) is 11.3. The predicted octanol–water partition coefficient (Wildman–Crippen LogP) is 3.18. The zero-order valence-electron chi connectivity index (χ0n) is 12.9. The molecule has 0 saturated carbocycles. The van der Waals surface area contributed by atoms with Gasteiger partial charge in [0, 0.05) is 25.9 Å². The van der Waals surface area contributed by atoms with E-state index < -0.39 is 0 Å². The number of carbonyl (C=O) groups is 1. The molecule has 0 atom stereocenters. The van der Waals surface area contributed by atoms with Crippen LogP contribution in [0, 0.1) is 0 Å². The molecule has 0 bridgehead atoms. The van der Waals surface area contributed by atoms with E-state index in [2.05, 4.69) is 10.3 Å². The first-order valence-corrected chi connectivity index (χ1v) is 7.67. The summed E-state index contributed by atoms with van der Waals surface area (Å²) in [4.78, 5) is 15.7. The number of esters is 1. The van der Waals surface area contributed by atoms with E-state index >= 15 is 0 Å². The van der Waals surface area contributed by atoms with Gasteiger partial charge in [-0.1, -0.05) is 36.5 Å². The number of hydrogen-bond donors (Lipinski definition) is 1. The van der Waals surface area contributed by atoms with Crippen molar-refractivity contribution < 1.29 is 9.53 Å². The summed E-state index contributed by atoms with van der Waals surface area (Å²) in [6.45, 7) is 2.10. The Labute approximate surface area is 141 Å². The normalized spacial score (nSPS) is 10.5. The van der Waals surface area contributed by atoms with Crippen molar-refractivity contribution >= 4 is 29.3 Å². The molecule has 5 heteroatoms. The van der Waals surface area contributed by atoms with E-state index in [0.29, 0.717) is 17.3 Å². The maximum atomic E-state index is 11.0. The third kappa shape index (κ3) is 6.40. The Morgan fingerprint density at radius 3 is 2.96 bits per heavy atom. The first-order valence-electron chi connectivity index (χ1n) is 7.27. The fraction of sp³-hybridized carbons (Fsp3) is 0.167. The highest BCUT2D eigenvalue weighted by molar-refractivity contribution is 7.80. The Morgan fingerprint density at radius 1 is 1.35 bits per heavy atom. The molecule has 23 heavy (non-hydrogen) atoms. The van der Waals surface area contributed by atoms with Crippen LogP contribution in [0.4, 0.5) is 0 Å². The summed E-state index contributed by atoms with van der Waals surface area (Å²) in [6.07, 6.45) is 8.07. The first kappa shape index (κ1) is 16.8. The van der Waals surface area contributed by atoms with Crippen molar-refractivity contribution in [3.05, 3.63) is 66.0 Å². The number of carbonyl (C=O) groups excluding carboxylic acids is 1. The minimum atomic E-state index is -0.318. The maximum absolute atomic E-state index is 11.0. The molecular formula is C18H18N2O2S. The van der Waals surface area contributed by atoms with Gasteiger partial charge >= 0.3 is 5.97 Å². The summed E-state index contributed by atoms with van der Waals surface area (Å²) in [7, 11) is 0. The minimum absolute atomic E-state index is 0.318. The monoisotopic (exact) mass is 326 g/mol. The fourth-order valence-corrected chi connectivity index (χ4v) is 2.14. The molecule has 2 rings (SSSR count). The molecule has 1 aromatic heterocycles. The summed E-state index contributed by atoms with van der Waals surface area (Å²) in [5.74, 6) is 0.246. The van der Waals surface area contributed by atoms with E-state index in [4.69, 9.17) is 17.0 Å². The standard InChI is InChI=1S/C18H18N2O2S/c1-14(21)22-17-6-2-4-15(12-17)9-11-20-18(23)8-7-16-5-3-10-19-13-16/h2-8,10,12-13H,9,11H2,1H3,(H,20,23). The maximum Gasteiger partial charge on any atom is 0.308 e. The van der Waals surface area contributed by atoms with Crippen LogP contribution in [0.15, 0.2) is 54.9 Å². The number of rotatable bonds is 6. The van der Waals surface area contributed by atoms with Crippen LogP contribution in [0.2, 0.25) is 0 Å². The largest absolute Gasteiger partial charge is 0.427 e. The van der Waals surface area contributed by atoms with E-state index in [9.17, 15) is 4.79 Å². The van der Waals surface area contributed by atoms with Crippen molar-refractivity contribution in [2.45, 2.75) is 13.3 Å². The summed E-state index contributed by atoms with van der Waals surface area (Å²) < 4.78 is 5.07. The van der Waals surface area contributed by atoms with E-state index in [1.54, 1.807) is 18.5 Å². The molecule has 1 heterocycles. The van der Waals surface area contributed by atoms with Crippen LogP contribution in [-0.2, 0) is 11.2 Å². The number of hydrogen-bond acceptors (Lipinski definition) is 4. The fourth-order valence-electron chi connectivity index (χ4n) is 1.97. The number of benzene rings is 1. The van der Waals surface area contributed by atoms with Gasteiger partial charge in [0.2, 0.25) is 0 Å². The minimum Gasteiger partial charge on any atom is -0.427 e. The van der Waals surface area contributed by atoms with Crippen molar-refractivity contribution in [1.82, 2.24) is 10.3 Å². The number of nitrogens with zero attached hydrogens (tertiary/aromatic N) is 1. The van der Waals surface area contributed by atoms with Gasteiger partial charge in [0.25, 0.3) is 0 Å². The number of pyridine rings is 1. The van der Waals surface area contributed by atoms with Crippen LogP contribution in [0.3, 0.4) is 0 Å². The van der Waals surface area contributed by atoms with Crippen molar-refractivity contribution in [3.8, 4) is 5.75 Å². The molecule has 0 unspecified atom stereocenters. The van der Waals surface area contributed by atoms with Crippen molar-refractivity contribution in [1.29, 1.82) is 0 Å². The molecule has 0 fully saturated rings. The molecule has 0 amide bonds. The molecule has 1 aromatic carbocycles. The number of nitrogens with one attached hydrogen (secondary N) is 1. The predicted molar refractivity (Wildman–Crippen MR) is 95.3 cm³/mol. The molecule has 1 N–H and O–H groups in total. The second-order valence-corrected chi connectivity index (χ2v) is 5.34. The average molecular weight is 326 g/mol. The average Bonchev–Trinajstić information content (AvgIpc) is 2.54. The lowest BCUT2D eigenvalue weighted by Gasteiger charge is -2.06. The highest BCUT2D eigenvalue weighted by atomic mass is 32.1. The van der Waals surface area contributed by atoms with Crippen LogP contribution < -0.4 is 10.1 Å². The summed E-state index contributed by atoms with van der Waals surface area (Å²) in [5, 5.41) is 3.18. The zero-order valence-corrected chi connectivity index (χ0v) is 13.7. The van der Waals surface area contributed by atoms with Crippen molar-refractivity contribution in [2.75, 3.05) is 6.54 Å². The van der Waals surface area contributed by atoms with E-state index in [1.807, 2.05) is 42.5 Å². The molecule has 4 nitrogen and oxygen atoms in total. The van der Waals surface area contributed by atoms with Crippen LogP contribution >= 0.6 is 12.2 Å². The third-order valence-corrected chi connectivity index (χ3v) is 3.26. The van der Waals surface area contributed by atoms with Gasteiger partial charge in [-0.25, -0.2) is 0 Å². The number of thiocarbonyl (C=S) groups is 1. The Balaban J connectivity index is 1.79. The summed E-state index contributed by atoms with van der Waals surface area (Å²) >= 11 is 5.26. The molecule has 0 aliphatic carbocycles. The van der Waals surface area contributed by atoms with Crippen LogP contribution in [0.1, 0.15) is 18.1 Å². The topological polar surface area (TPSA) is 51.2 Å². The Morgan fingerprint density at radius 2 is 2.22 bits per heavy atom. The van der Waals surface area contributed by atoms with Gasteiger partial charge in [-0.2, -0.15) is 0 Å². The molecule has 0 aliphatic heterocycles. The second kappa shape index (κ2) is 8.80. The van der Waals surface area contributed by atoms with Gasteiger partial charge in [-0.15, -0.1) is 0 Å². The van der Waals surface area contributed by atoms with Crippen LogP contribution in [0.25, 0.3) is 6.08 Å². The van der Waals surface area contributed by atoms with E-state index in [-0.39, 0.29) is 5.97 Å². The van der Waals surface area contributed by atoms with Gasteiger partial charge in [-0.05, 0) is 41.8 Å². The number of aromatic nitrogens is 1. The van der Waals surface area contributed by atoms with Crippen LogP contribution in [-0.4, -0.2) is 22.5 Å². The zero-order chi connectivity index (χ0) is 16.5. The van der Waals surface area contributed by atoms with Crippen molar-refractivity contribution in [2.24, 2.45) is 0 Å². The highest BCUT2D eigenvalue weighted by Gasteiger charge is 2.00. The lowest BCUT2D eigenvalue weighted by Crippen LogP contribution is -2.21. The lowest BCUT2D eigenvalue weighted by atomic mass is 10.1. The third-order valence-electron chi connectivity index (χ3n) is 2.98. The van der Waals surface area contributed by atoms with Crippen LogP contribution in [0.5, 0.6) is 5.75 Å². The summed E-state index contributed by atoms with van der Waals surface area (Å²) in [5.41, 5.74) is 2.08. The molecule has 0 spiro atoms.